The van der Waals surface area contributed by atoms with E-state index in [9.17, 15) is 14.7 Å². The van der Waals surface area contributed by atoms with E-state index >= 15 is 0 Å². The highest BCUT2D eigenvalue weighted by Crippen LogP contribution is 2.26. The zero-order chi connectivity index (χ0) is 14.7. The molecule has 2 amide bonds. The van der Waals surface area contributed by atoms with E-state index in [0.717, 1.165) is 0 Å². The third-order valence-electron chi connectivity index (χ3n) is 3.65. The normalized spacial score (nSPS) is 21.4. The molecule has 0 bridgehead atoms. The quantitative estimate of drug-likeness (QED) is 0.786. The average molecular weight is 278 g/mol. The monoisotopic (exact) mass is 278 g/mol. The SMILES string of the molecule is CN(C(=O)N[C@H]1CC[C@@H](C(=O)O)C1)c1ccc(O)cc1. The first-order chi connectivity index (χ1) is 9.47. The minimum Gasteiger partial charge on any atom is -0.508 e. The third kappa shape index (κ3) is 3.20. The van der Waals surface area contributed by atoms with Crippen molar-refractivity contribution in [2.75, 3.05) is 11.9 Å². The first kappa shape index (κ1) is 14.2. The number of urea groups is 1. The molecule has 1 saturated carbocycles. The summed E-state index contributed by atoms with van der Waals surface area (Å²) >= 11 is 0. The summed E-state index contributed by atoms with van der Waals surface area (Å²) in [4.78, 5) is 24.4. The minimum atomic E-state index is -0.798. The molecule has 0 aromatic heterocycles. The summed E-state index contributed by atoms with van der Waals surface area (Å²) in [5.74, 6) is -1.02. The lowest BCUT2D eigenvalue weighted by atomic mass is 10.1. The highest BCUT2D eigenvalue weighted by Gasteiger charge is 2.31. The van der Waals surface area contributed by atoms with Gasteiger partial charge in [0.15, 0.2) is 0 Å². The smallest absolute Gasteiger partial charge is 0.321 e. The van der Waals surface area contributed by atoms with Crippen LogP contribution >= 0.6 is 0 Å². The molecule has 1 aliphatic carbocycles. The van der Waals surface area contributed by atoms with Crippen LogP contribution in [0.3, 0.4) is 0 Å². The predicted molar refractivity (Wildman–Crippen MR) is 73.8 cm³/mol. The lowest BCUT2D eigenvalue weighted by Gasteiger charge is -2.21. The summed E-state index contributed by atoms with van der Waals surface area (Å²) in [6.45, 7) is 0. The number of phenolic OH excluding ortho intramolecular Hbond substituents is 1. The van der Waals surface area contributed by atoms with Gasteiger partial charge in [-0.2, -0.15) is 0 Å². The number of rotatable bonds is 3. The lowest BCUT2D eigenvalue weighted by Crippen LogP contribution is -2.42. The number of phenols is 1. The number of benzene rings is 1. The van der Waals surface area contributed by atoms with Gasteiger partial charge in [0.1, 0.15) is 5.75 Å². The van der Waals surface area contributed by atoms with E-state index in [1.54, 1.807) is 19.2 Å². The second kappa shape index (κ2) is 5.81. The van der Waals surface area contributed by atoms with Gasteiger partial charge in [-0.3, -0.25) is 9.69 Å². The Morgan fingerprint density at radius 1 is 1.25 bits per heavy atom. The summed E-state index contributed by atoms with van der Waals surface area (Å²) < 4.78 is 0. The van der Waals surface area contributed by atoms with Crippen molar-refractivity contribution in [3.63, 3.8) is 0 Å². The van der Waals surface area contributed by atoms with Crippen LogP contribution in [0, 0.1) is 5.92 Å². The molecule has 2 rings (SSSR count). The van der Waals surface area contributed by atoms with Crippen molar-refractivity contribution in [1.29, 1.82) is 0 Å². The van der Waals surface area contributed by atoms with Gasteiger partial charge in [-0.25, -0.2) is 4.79 Å². The number of anilines is 1. The van der Waals surface area contributed by atoms with E-state index in [1.165, 1.54) is 17.0 Å². The number of nitrogens with zero attached hydrogens (tertiary/aromatic N) is 1. The molecule has 2 atom stereocenters. The zero-order valence-electron chi connectivity index (χ0n) is 11.2. The Hall–Kier alpha value is -2.24. The second-order valence-electron chi connectivity index (χ2n) is 5.07. The summed E-state index contributed by atoms with van der Waals surface area (Å²) in [6.07, 6.45) is 1.76. The molecule has 1 fully saturated rings. The van der Waals surface area contributed by atoms with Gasteiger partial charge in [0.05, 0.1) is 5.92 Å². The van der Waals surface area contributed by atoms with Gasteiger partial charge in [-0.15, -0.1) is 0 Å². The number of hydrogen-bond donors (Lipinski definition) is 3. The number of hydrogen-bond acceptors (Lipinski definition) is 3. The lowest BCUT2D eigenvalue weighted by molar-refractivity contribution is -0.141. The van der Waals surface area contributed by atoms with Crippen LogP contribution in [0.4, 0.5) is 10.5 Å². The Kier molecular flexibility index (Phi) is 4.12. The Morgan fingerprint density at radius 3 is 2.45 bits per heavy atom. The van der Waals surface area contributed by atoms with Crippen molar-refractivity contribution >= 4 is 17.7 Å². The maximum Gasteiger partial charge on any atom is 0.321 e. The fourth-order valence-electron chi connectivity index (χ4n) is 2.40. The van der Waals surface area contributed by atoms with Crippen molar-refractivity contribution in [2.45, 2.75) is 25.3 Å². The van der Waals surface area contributed by atoms with Gasteiger partial charge in [-0.1, -0.05) is 0 Å². The Labute approximate surface area is 117 Å². The molecule has 6 nitrogen and oxygen atoms in total. The number of carbonyl (C=O) groups excluding carboxylic acids is 1. The topological polar surface area (TPSA) is 89.9 Å². The average Bonchev–Trinajstić information content (AvgIpc) is 2.87. The van der Waals surface area contributed by atoms with Crippen LogP contribution in [0.2, 0.25) is 0 Å². The molecule has 6 heteroatoms. The number of carboxylic acid groups (broad SMARTS) is 1. The van der Waals surface area contributed by atoms with Crippen molar-refractivity contribution in [1.82, 2.24) is 5.32 Å². The van der Waals surface area contributed by atoms with Crippen LogP contribution < -0.4 is 10.2 Å². The molecule has 20 heavy (non-hydrogen) atoms. The second-order valence-corrected chi connectivity index (χ2v) is 5.07. The highest BCUT2D eigenvalue weighted by molar-refractivity contribution is 5.91. The van der Waals surface area contributed by atoms with E-state index < -0.39 is 5.97 Å². The van der Waals surface area contributed by atoms with Crippen molar-refractivity contribution in [3.8, 4) is 5.75 Å². The van der Waals surface area contributed by atoms with Gasteiger partial charge >= 0.3 is 12.0 Å². The molecule has 1 aromatic rings. The van der Waals surface area contributed by atoms with Crippen LogP contribution in [0.25, 0.3) is 0 Å². The van der Waals surface area contributed by atoms with Crippen molar-refractivity contribution in [3.05, 3.63) is 24.3 Å². The molecule has 3 N–H and O–H groups in total. The number of nitrogens with one attached hydrogen (secondary N) is 1. The number of amides is 2. The molecule has 1 aromatic carbocycles. The van der Waals surface area contributed by atoms with Crippen LogP contribution in [0.15, 0.2) is 24.3 Å². The largest absolute Gasteiger partial charge is 0.508 e. The summed E-state index contributed by atoms with van der Waals surface area (Å²) in [7, 11) is 1.63. The summed E-state index contributed by atoms with van der Waals surface area (Å²) in [5, 5.41) is 21.0. The molecule has 0 unspecified atom stereocenters. The molecule has 0 spiro atoms. The molecule has 0 aliphatic heterocycles. The van der Waals surface area contributed by atoms with Crippen molar-refractivity contribution < 1.29 is 19.8 Å². The molecular weight excluding hydrogens is 260 g/mol. The minimum absolute atomic E-state index is 0.0943. The van der Waals surface area contributed by atoms with E-state index in [4.69, 9.17) is 5.11 Å². The van der Waals surface area contributed by atoms with E-state index in [0.29, 0.717) is 24.9 Å². The predicted octanol–water partition coefficient (Wildman–Crippen LogP) is 1.79. The molecular formula is C14H18N2O4. The maximum atomic E-state index is 12.1. The molecule has 0 heterocycles. The number of aromatic hydroxyl groups is 1. The Morgan fingerprint density at radius 2 is 1.90 bits per heavy atom. The molecule has 0 saturated heterocycles. The van der Waals surface area contributed by atoms with Gasteiger partial charge in [0.25, 0.3) is 0 Å². The van der Waals surface area contributed by atoms with Crippen LogP contribution in [-0.4, -0.2) is 35.3 Å². The Bertz CT molecular complexity index is 500. The van der Waals surface area contributed by atoms with E-state index in [1.807, 2.05) is 0 Å². The molecule has 0 radical (unpaired) electrons. The van der Waals surface area contributed by atoms with Crippen LogP contribution in [0.1, 0.15) is 19.3 Å². The first-order valence-electron chi connectivity index (χ1n) is 6.53. The summed E-state index contributed by atoms with van der Waals surface area (Å²) in [6, 6.07) is 5.94. The fraction of sp³-hybridized carbons (Fsp3) is 0.429. The summed E-state index contributed by atoms with van der Waals surface area (Å²) in [5.41, 5.74) is 0.660. The first-order valence-corrected chi connectivity index (χ1v) is 6.53. The highest BCUT2D eigenvalue weighted by atomic mass is 16.4. The van der Waals surface area contributed by atoms with E-state index in [2.05, 4.69) is 5.32 Å². The van der Waals surface area contributed by atoms with Crippen LogP contribution in [0.5, 0.6) is 5.75 Å². The van der Waals surface area contributed by atoms with Crippen LogP contribution in [-0.2, 0) is 4.79 Å². The van der Waals surface area contributed by atoms with Gasteiger partial charge in [0.2, 0.25) is 0 Å². The Balaban J connectivity index is 1.92. The standard InChI is InChI=1S/C14H18N2O4/c1-16(11-4-6-12(17)7-5-11)14(20)15-10-3-2-9(8-10)13(18)19/h4-7,9-10,17H,2-3,8H2,1H3,(H,15,20)(H,18,19)/t9-,10+/m1/s1. The third-order valence-corrected chi connectivity index (χ3v) is 3.65. The fourth-order valence-corrected chi connectivity index (χ4v) is 2.40. The van der Waals surface area contributed by atoms with Gasteiger partial charge in [0, 0.05) is 18.8 Å². The van der Waals surface area contributed by atoms with Gasteiger partial charge in [-0.05, 0) is 43.5 Å². The number of carboxylic acids is 1. The number of carbonyl (C=O) groups is 2. The molecule has 108 valence electrons. The zero-order valence-corrected chi connectivity index (χ0v) is 11.2. The van der Waals surface area contributed by atoms with Crippen molar-refractivity contribution in [2.24, 2.45) is 5.92 Å². The molecule has 1 aliphatic rings. The van der Waals surface area contributed by atoms with Gasteiger partial charge < -0.3 is 15.5 Å². The van der Waals surface area contributed by atoms with E-state index in [-0.39, 0.29) is 23.7 Å². The number of aliphatic carboxylic acids is 1. The maximum absolute atomic E-state index is 12.1.